The fraction of sp³-hybridized carbons (Fsp3) is 0.571. The number of hydrogen-bond donors (Lipinski definition) is 1. The molecule has 0 radical (unpaired) electrons. The van der Waals surface area contributed by atoms with Crippen LogP contribution >= 0.6 is 11.8 Å². The van der Waals surface area contributed by atoms with E-state index in [1.165, 1.54) is 11.8 Å². The Hall–Kier alpha value is -1.63. The van der Waals surface area contributed by atoms with Crippen molar-refractivity contribution in [1.29, 1.82) is 0 Å². The summed E-state index contributed by atoms with van der Waals surface area (Å²) in [7, 11) is 0. The third-order valence-corrected chi connectivity index (χ3v) is 3.86. The summed E-state index contributed by atoms with van der Waals surface area (Å²) >= 11 is 1.41. The number of aromatic amines is 1. The van der Waals surface area contributed by atoms with Gasteiger partial charge in [-0.05, 0) is 13.3 Å². The topological polar surface area (TPSA) is 84.7 Å². The Bertz CT molecular complexity index is 650. The lowest BCUT2D eigenvalue weighted by atomic mass is 10.2. The van der Waals surface area contributed by atoms with Crippen LogP contribution in [0.15, 0.2) is 20.5 Å². The van der Waals surface area contributed by atoms with Crippen molar-refractivity contribution in [1.82, 2.24) is 20.1 Å². The number of nitrogens with one attached hydrogen (secondary N) is 1. The molecule has 1 atom stereocenters. The number of hydrogen-bond acceptors (Lipinski definition) is 6. The molecule has 0 spiro atoms. The molecular formula is C14H20N4O2S. The fourth-order valence-electron chi connectivity index (χ4n) is 1.79. The van der Waals surface area contributed by atoms with Crippen LogP contribution in [0.1, 0.15) is 62.7 Å². The van der Waals surface area contributed by atoms with Gasteiger partial charge < -0.3 is 9.51 Å². The van der Waals surface area contributed by atoms with Crippen molar-refractivity contribution in [2.24, 2.45) is 0 Å². The highest BCUT2D eigenvalue weighted by Gasteiger charge is 2.18. The Morgan fingerprint density at radius 3 is 2.71 bits per heavy atom. The molecule has 2 aromatic rings. The molecule has 0 aliphatic carbocycles. The predicted octanol–water partition coefficient (Wildman–Crippen LogP) is 3.08. The van der Waals surface area contributed by atoms with Gasteiger partial charge in [-0.1, -0.05) is 44.1 Å². The molecule has 7 heteroatoms. The van der Waals surface area contributed by atoms with Gasteiger partial charge in [-0.15, -0.1) is 0 Å². The Morgan fingerprint density at radius 1 is 1.33 bits per heavy atom. The van der Waals surface area contributed by atoms with E-state index >= 15 is 0 Å². The van der Waals surface area contributed by atoms with Crippen LogP contribution in [0.5, 0.6) is 0 Å². The second-order valence-corrected chi connectivity index (χ2v) is 6.53. The third-order valence-electron chi connectivity index (χ3n) is 2.89. The normalized spacial score (nSPS) is 12.8. The van der Waals surface area contributed by atoms with E-state index in [9.17, 15) is 4.79 Å². The lowest BCUT2D eigenvalue weighted by molar-refractivity contribution is 0.373. The minimum atomic E-state index is -0.128. The highest BCUT2D eigenvalue weighted by Crippen LogP contribution is 2.31. The van der Waals surface area contributed by atoms with Crippen LogP contribution in [0.2, 0.25) is 0 Å². The first-order chi connectivity index (χ1) is 9.99. The second-order valence-electron chi connectivity index (χ2n) is 5.20. The third kappa shape index (κ3) is 4.17. The highest BCUT2D eigenvalue weighted by atomic mass is 32.2. The summed E-state index contributed by atoms with van der Waals surface area (Å²) in [4.78, 5) is 23.2. The Balaban J connectivity index is 2.14. The summed E-state index contributed by atoms with van der Waals surface area (Å²) in [5.41, 5.74) is 0.681. The Morgan fingerprint density at radius 2 is 2.10 bits per heavy atom. The maximum absolute atomic E-state index is 11.6. The van der Waals surface area contributed by atoms with E-state index in [1.807, 2.05) is 20.8 Å². The molecule has 0 unspecified atom stereocenters. The SMILES string of the molecule is CCCc1cc(=O)[nH]c(S[C@@H](C)c2nc(C(C)C)no2)n1. The second kappa shape index (κ2) is 6.89. The van der Waals surface area contributed by atoms with E-state index in [0.29, 0.717) is 16.9 Å². The van der Waals surface area contributed by atoms with Crippen LogP contribution in [-0.2, 0) is 6.42 Å². The van der Waals surface area contributed by atoms with Crippen LogP contribution in [0.3, 0.4) is 0 Å². The summed E-state index contributed by atoms with van der Waals surface area (Å²) in [6.07, 6.45) is 1.75. The zero-order valence-electron chi connectivity index (χ0n) is 12.7. The van der Waals surface area contributed by atoms with E-state index in [1.54, 1.807) is 6.07 Å². The standard InChI is InChI=1S/C14H20N4O2S/c1-5-6-10-7-11(19)16-14(15-10)21-9(4)13-17-12(8(2)3)18-20-13/h7-9H,5-6H2,1-4H3,(H,15,16,19)/t9-/m0/s1. The number of aromatic nitrogens is 4. The van der Waals surface area contributed by atoms with Gasteiger partial charge in [0, 0.05) is 17.7 Å². The number of nitrogens with zero attached hydrogens (tertiary/aromatic N) is 3. The summed E-state index contributed by atoms with van der Waals surface area (Å²) in [6, 6.07) is 1.54. The van der Waals surface area contributed by atoms with Gasteiger partial charge in [-0.25, -0.2) is 4.98 Å². The van der Waals surface area contributed by atoms with Crippen molar-refractivity contribution in [3.8, 4) is 0 Å². The molecule has 0 saturated heterocycles. The average molecular weight is 308 g/mol. The summed E-state index contributed by atoms with van der Waals surface area (Å²) in [5.74, 6) is 1.47. The van der Waals surface area contributed by atoms with Gasteiger partial charge in [0.2, 0.25) is 5.89 Å². The van der Waals surface area contributed by atoms with Gasteiger partial charge in [-0.3, -0.25) is 4.79 Å². The van der Waals surface area contributed by atoms with Crippen LogP contribution in [0, 0.1) is 0 Å². The minimum absolute atomic E-state index is 0.0648. The van der Waals surface area contributed by atoms with E-state index in [-0.39, 0.29) is 16.7 Å². The maximum Gasteiger partial charge on any atom is 0.251 e. The van der Waals surface area contributed by atoms with Crippen molar-refractivity contribution in [2.45, 2.75) is 56.9 Å². The van der Waals surface area contributed by atoms with Gasteiger partial charge in [0.15, 0.2) is 11.0 Å². The van der Waals surface area contributed by atoms with Crippen LogP contribution < -0.4 is 5.56 Å². The Kier molecular flexibility index (Phi) is 5.17. The van der Waals surface area contributed by atoms with Crippen molar-refractivity contribution in [2.75, 3.05) is 0 Å². The lowest BCUT2D eigenvalue weighted by Gasteiger charge is -2.06. The number of rotatable bonds is 6. The monoisotopic (exact) mass is 308 g/mol. The molecule has 114 valence electrons. The molecule has 0 aliphatic heterocycles. The molecule has 0 saturated carbocycles. The largest absolute Gasteiger partial charge is 0.338 e. The Labute approximate surface area is 127 Å². The average Bonchev–Trinajstić information content (AvgIpc) is 2.88. The van der Waals surface area contributed by atoms with Crippen LogP contribution in [0.25, 0.3) is 0 Å². The van der Waals surface area contributed by atoms with E-state index in [2.05, 4.69) is 27.0 Å². The van der Waals surface area contributed by atoms with Crippen molar-refractivity contribution >= 4 is 11.8 Å². The van der Waals surface area contributed by atoms with Gasteiger partial charge >= 0.3 is 0 Å². The maximum atomic E-state index is 11.6. The first kappa shape index (κ1) is 15.8. The molecule has 0 aliphatic rings. The highest BCUT2D eigenvalue weighted by molar-refractivity contribution is 7.99. The molecule has 1 N–H and O–H groups in total. The molecule has 0 bridgehead atoms. The van der Waals surface area contributed by atoms with E-state index in [4.69, 9.17) is 4.52 Å². The van der Waals surface area contributed by atoms with E-state index < -0.39 is 0 Å². The predicted molar refractivity (Wildman–Crippen MR) is 81.5 cm³/mol. The van der Waals surface area contributed by atoms with Gasteiger partial charge in [-0.2, -0.15) is 4.98 Å². The molecule has 0 fully saturated rings. The van der Waals surface area contributed by atoms with Gasteiger partial charge in [0.05, 0.1) is 5.25 Å². The first-order valence-corrected chi connectivity index (χ1v) is 7.98. The minimum Gasteiger partial charge on any atom is -0.338 e. The molecule has 2 heterocycles. The number of thioether (sulfide) groups is 1. The fourth-order valence-corrected chi connectivity index (χ4v) is 2.65. The van der Waals surface area contributed by atoms with Crippen LogP contribution in [-0.4, -0.2) is 20.1 Å². The van der Waals surface area contributed by atoms with E-state index in [0.717, 1.165) is 18.5 Å². The molecule has 6 nitrogen and oxygen atoms in total. The molecule has 2 aromatic heterocycles. The summed E-state index contributed by atoms with van der Waals surface area (Å²) < 4.78 is 5.27. The van der Waals surface area contributed by atoms with Gasteiger partial charge in [0.1, 0.15) is 0 Å². The number of H-pyrrole nitrogens is 1. The number of aryl methyl sites for hydroxylation is 1. The van der Waals surface area contributed by atoms with Crippen molar-refractivity contribution in [3.05, 3.63) is 33.8 Å². The van der Waals surface area contributed by atoms with Gasteiger partial charge in [0.25, 0.3) is 5.56 Å². The molecule has 21 heavy (non-hydrogen) atoms. The molecule has 0 amide bonds. The zero-order chi connectivity index (χ0) is 15.4. The lowest BCUT2D eigenvalue weighted by Crippen LogP contribution is -2.10. The van der Waals surface area contributed by atoms with Crippen LogP contribution in [0.4, 0.5) is 0 Å². The van der Waals surface area contributed by atoms with Crippen molar-refractivity contribution in [3.63, 3.8) is 0 Å². The quantitative estimate of drug-likeness (QED) is 0.652. The van der Waals surface area contributed by atoms with Crippen molar-refractivity contribution < 1.29 is 4.52 Å². The molecule has 2 rings (SSSR count). The summed E-state index contributed by atoms with van der Waals surface area (Å²) in [5, 5.41) is 4.47. The smallest absolute Gasteiger partial charge is 0.251 e. The zero-order valence-corrected chi connectivity index (χ0v) is 13.5. The molecular weight excluding hydrogens is 288 g/mol. The first-order valence-electron chi connectivity index (χ1n) is 7.10. The summed E-state index contributed by atoms with van der Waals surface area (Å²) in [6.45, 7) is 8.04. The molecule has 0 aromatic carbocycles.